The first-order valence-corrected chi connectivity index (χ1v) is 7.94. The SMILES string of the molecule is COC1(C)CC(NC(=O)CCC2CCNCC2)C1(C)C.Cl. The number of ether oxygens (including phenoxy) is 1. The lowest BCUT2D eigenvalue weighted by atomic mass is 9.56. The van der Waals surface area contributed by atoms with Crippen molar-refractivity contribution < 1.29 is 9.53 Å². The average molecular weight is 319 g/mol. The maximum atomic E-state index is 12.1. The molecule has 0 aromatic heterocycles. The summed E-state index contributed by atoms with van der Waals surface area (Å²) in [5, 5.41) is 6.57. The maximum absolute atomic E-state index is 12.1. The molecule has 1 saturated carbocycles. The van der Waals surface area contributed by atoms with Crippen LogP contribution in [0.4, 0.5) is 0 Å². The molecule has 1 aliphatic carbocycles. The van der Waals surface area contributed by atoms with Gasteiger partial charge in [-0.3, -0.25) is 4.79 Å². The maximum Gasteiger partial charge on any atom is 0.220 e. The van der Waals surface area contributed by atoms with Gasteiger partial charge in [0.05, 0.1) is 5.60 Å². The van der Waals surface area contributed by atoms with Crippen molar-refractivity contribution in [2.45, 2.75) is 64.5 Å². The summed E-state index contributed by atoms with van der Waals surface area (Å²) in [6.07, 6.45) is 5.03. The quantitative estimate of drug-likeness (QED) is 0.819. The molecule has 0 spiro atoms. The predicted octanol–water partition coefficient (Wildman–Crippen LogP) is 2.51. The molecule has 2 aliphatic rings. The van der Waals surface area contributed by atoms with Crippen LogP contribution in [0.25, 0.3) is 0 Å². The Bertz CT molecular complexity index is 356. The van der Waals surface area contributed by atoms with Gasteiger partial charge in [-0.1, -0.05) is 13.8 Å². The molecule has 1 aliphatic heterocycles. The van der Waals surface area contributed by atoms with Crippen molar-refractivity contribution in [2.75, 3.05) is 20.2 Å². The second-order valence-corrected chi connectivity index (χ2v) is 7.21. The van der Waals surface area contributed by atoms with Crippen LogP contribution in [0.3, 0.4) is 0 Å². The van der Waals surface area contributed by atoms with Crippen LogP contribution in [0.2, 0.25) is 0 Å². The first-order chi connectivity index (χ1) is 9.39. The summed E-state index contributed by atoms with van der Waals surface area (Å²) >= 11 is 0. The molecule has 4 nitrogen and oxygen atoms in total. The molecule has 21 heavy (non-hydrogen) atoms. The van der Waals surface area contributed by atoms with Gasteiger partial charge in [-0.25, -0.2) is 0 Å². The van der Waals surface area contributed by atoms with Crippen LogP contribution in [0.1, 0.15) is 52.9 Å². The molecule has 1 saturated heterocycles. The van der Waals surface area contributed by atoms with E-state index in [1.165, 1.54) is 12.8 Å². The van der Waals surface area contributed by atoms with Crippen molar-refractivity contribution in [1.82, 2.24) is 10.6 Å². The molecule has 2 rings (SSSR count). The van der Waals surface area contributed by atoms with Crippen LogP contribution in [0.5, 0.6) is 0 Å². The molecule has 0 aromatic rings. The van der Waals surface area contributed by atoms with Gasteiger partial charge in [0, 0.05) is 25.0 Å². The monoisotopic (exact) mass is 318 g/mol. The highest BCUT2D eigenvalue weighted by Crippen LogP contribution is 2.51. The summed E-state index contributed by atoms with van der Waals surface area (Å²) < 4.78 is 5.60. The van der Waals surface area contributed by atoms with Crippen LogP contribution >= 0.6 is 12.4 Å². The summed E-state index contributed by atoms with van der Waals surface area (Å²) in [6.45, 7) is 8.70. The smallest absolute Gasteiger partial charge is 0.220 e. The molecular weight excluding hydrogens is 288 g/mol. The minimum absolute atomic E-state index is 0. The second kappa shape index (κ2) is 7.30. The number of carbonyl (C=O) groups is 1. The van der Waals surface area contributed by atoms with E-state index in [2.05, 4.69) is 31.4 Å². The molecule has 5 heteroatoms. The first-order valence-electron chi connectivity index (χ1n) is 7.94. The van der Waals surface area contributed by atoms with Gasteiger partial charge in [-0.2, -0.15) is 0 Å². The fraction of sp³-hybridized carbons (Fsp3) is 0.938. The van der Waals surface area contributed by atoms with Gasteiger partial charge in [0.15, 0.2) is 0 Å². The molecule has 2 fully saturated rings. The summed E-state index contributed by atoms with van der Waals surface area (Å²) in [6, 6.07) is 0.243. The molecule has 2 unspecified atom stereocenters. The van der Waals surface area contributed by atoms with Gasteiger partial charge in [0.25, 0.3) is 0 Å². The summed E-state index contributed by atoms with van der Waals surface area (Å²) in [4.78, 5) is 12.1. The van der Waals surface area contributed by atoms with Crippen LogP contribution < -0.4 is 10.6 Å². The van der Waals surface area contributed by atoms with E-state index in [1.54, 1.807) is 7.11 Å². The molecule has 1 heterocycles. The lowest BCUT2D eigenvalue weighted by molar-refractivity contribution is -0.182. The zero-order valence-electron chi connectivity index (χ0n) is 13.8. The molecule has 2 N–H and O–H groups in total. The predicted molar refractivity (Wildman–Crippen MR) is 87.8 cm³/mol. The number of carbonyl (C=O) groups excluding carboxylic acids is 1. The Labute approximate surface area is 135 Å². The highest BCUT2D eigenvalue weighted by atomic mass is 35.5. The van der Waals surface area contributed by atoms with E-state index in [0.29, 0.717) is 6.42 Å². The number of rotatable bonds is 5. The Morgan fingerprint density at radius 3 is 2.43 bits per heavy atom. The molecule has 0 radical (unpaired) electrons. The Morgan fingerprint density at radius 2 is 1.90 bits per heavy atom. The summed E-state index contributed by atoms with van der Waals surface area (Å²) in [5.41, 5.74) is -0.105. The van der Waals surface area contributed by atoms with Gasteiger partial charge in [0.1, 0.15) is 0 Å². The lowest BCUT2D eigenvalue weighted by Crippen LogP contribution is -2.68. The van der Waals surface area contributed by atoms with E-state index >= 15 is 0 Å². The number of amides is 1. The molecule has 124 valence electrons. The van der Waals surface area contributed by atoms with Gasteiger partial charge in [-0.05, 0) is 51.6 Å². The fourth-order valence-corrected chi connectivity index (χ4v) is 3.50. The molecule has 0 bridgehead atoms. The second-order valence-electron chi connectivity index (χ2n) is 7.21. The Morgan fingerprint density at radius 1 is 1.29 bits per heavy atom. The minimum Gasteiger partial charge on any atom is -0.378 e. The zero-order valence-corrected chi connectivity index (χ0v) is 14.6. The van der Waals surface area contributed by atoms with Crippen molar-refractivity contribution in [3.8, 4) is 0 Å². The lowest BCUT2D eigenvalue weighted by Gasteiger charge is -2.59. The van der Waals surface area contributed by atoms with E-state index < -0.39 is 0 Å². The van der Waals surface area contributed by atoms with Gasteiger partial charge >= 0.3 is 0 Å². The van der Waals surface area contributed by atoms with Crippen LogP contribution in [0, 0.1) is 11.3 Å². The Hall–Kier alpha value is -0.320. The van der Waals surface area contributed by atoms with Gasteiger partial charge < -0.3 is 15.4 Å². The highest BCUT2D eigenvalue weighted by molar-refractivity contribution is 5.85. The number of hydrogen-bond donors (Lipinski definition) is 2. The minimum atomic E-state index is -0.111. The summed E-state index contributed by atoms with van der Waals surface area (Å²) in [7, 11) is 1.76. The third-order valence-corrected chi connectivity index (χ3v) is 5.85. The molecule has 0 aromatic carbocycles. The fourth-order valence-electron chi connectivity index (χ4n) is 3.50. The normalized spacial score (nSPS) is 31.9. The zero-order chi connectivity index (χ0) is 14.8. The van der Waals surface area contributed by atoms with Crippen LogP contribution in [-0.4, -0.2) is 37.7 Å². The van der Waals surface area contributed by atoms with Crippen LogP contribution in [0.15, 0.2) is 0 Å². The van der Waals surface area contributed by atoms with Crippen molar-refractivity contribution >= 4 is 18.3 Å². The Kier molecular flexibility index (Phi) is 6.51. The van der Waals surface area contributed by atoms with Crippen molar-refractivity contribution in [3.05, 3.63) is 0 Å². The van der Waals surface area contributed by atoms with Crippen LogP contribution in [-0.2, 0) is 9.53 Å². The van der Waals surface area contributed by atoms with Crippen molar-refractivity contribution in [3.63, 3.8) is 0 Å². The number of methoxy groups -OCH3 is 1. The largest absolute Gasteiger partial charge is 0.378 e. The molecule has 1 amide bonds. The Balaban J connectivity index is 0.00000220. The van der Waals surface area contributed by atoms with E-state index in [9.17, 15) is 4.79 Å². The highest BCUT2D eigenvalue weighted by Gasteiger charge is 2.58. The van der Waals surface area contributed by atoms with E-state index in [1.807, 2.05) is 0 Å². The molecule has 2 atom stereocenters. The molecular formula is C16H31ClN2O2. The van der Waals surface area contributed by atoms with E-state index in [4.69, 9.17) is 4.74 Å². The first kappa shape index (κ1) is 18.7. The summed E-state index contributed by atoms with van der Waals surface area (Å²) in [5.74, 6) is 0.931. The van der Waals surface area contributed by atoms with Gasteiger partial charge in [0.2, 0.25) is 5.91 Å². The number of hydrogen-bond acceptors (Lipinski definition) is 3. The van der Waals surface area contributed by atoms with Crippen molar-refractivity contribution in [1.29, 1.82) is 0 Å². The standard InChI is InChI=1S/C16H30N2O2.ClH/c1-15(2)13(11-16(15,3)20-4)18-14(19)6-5-12-7-9-17-10-8-12;/h12-13,17H,5-11H2,1-4H3,(H,18,19);1H. The van der Waals surface area contributed by atoms with Gasteiger partial charge in [-0.15, -0.1) is 12.4 Å². The third kappa shape index (κ3) is 3.91. The number of nitrogens with one attached hydrogen (secondary N) is 2. The van der Waals surface area contributed by atoms with Crippen molar-refractivity contribution in [2.24, 2.45) is 11.3 Å². The average Bonchev–Trinajstić information content (AvgIpc) is 2.45. The third-order valence-electron chi connectivity index (χ3n) is 5.85. The number of halogens is 1. The number of piperidine rings is 1. The topological polar surface area (TPSA) is 50.4 Å². The van der Waals surface area contributed by atoms with E-state index in [0.717, 1.165) is 31.8 Å². The van der Waals surface area contributed by atoms with E-state index in [-0.39, 0.29) is 35.4 Å².